The fourth-order valence-corrected chi connectivity index (χ4v) is 3.60. The van der Waals surface area contributed by atoms with E-state index in [9.17, 15) is 8.42 Å². The van der Waals surface area contributed by atoms with Crippen LogP contribution in [0.1, 0.15) is 33.1 Å². The van der Waals surface area contributed by atoms with Crippen molar-refractivity contribution in [2.75, 3.05) is 18.5 Å². The Morgan fingerprint density at radius 2 is 1.86 bits per heavy atom. The average molecular weight is 312 g/mol. The number of hydrogen-bond acceptors (Lipinski definition) is 4. The first-order valence-electron chi connectivity index (χ1n) is 7.53. The number of benzene rings is 1. The fraction of sp³-hybridized carbons (Fsp3) is 0.600. The second kappa shape index (κ2) is 7.24. The van der Waals surface area contributed by atoms with Gasteiger partial charge in [-0.3, -0.25) is 0 Å². The minimum absolute atomic E-state index is 0.00978. The van der Waals surface area contributed by atoms with Crippen LogP contribution in [0.25, 0.3) is 0 Å². The summed E-state index contributed by atoms with van der Waals surface area (Å²) in [5.74, 6) is 0. The van der Waals surface area contributed by atoms with E-state index in [4.69, 9.17) is 4.74 Å². The van der Waals surface area contributed by atoms with Crippen LogP contribution >= 0.6 is 0 Å². The van der Waals surface area contributed by atoms with E-state index in [0.717, 1.165) is 31.5 Å². The van der Waals surface area contributed by atoms with Gasteiger partial charge in [0, 0.05) is 24.9 Å². The summed E-state index contributed by atoms with van der Waals surface area (Å²) in [4.78, 5) is 0.310. The van der Waals surface area contributed by atoms with E-state index in [0.29, 0.717) is 11.5 Å². The lowest BCUT2D eigenvalue weighted by atomic mass is 9.90. The van der Waals surface area contributed by atoms with Crippen LogP contribution in [0.5, 0.6) is 0 Å². The molecule has 21 heavy (non-hydrogen) atoms. The van der Waals surface area contributed by atoms with Gasteiger partial charge in [0.05, 0.1) is 11.0 Å². The van der Waals surface area contributed by atoms with Gasteiger partial charge in [-0.2, -0.15) is 0 Å². The smallest absolute Gasteiger partial charge is 0.240 e. The average Bonchev–Trinajstić information content (AvgIpc) is 2.43. The molecule has 0 unspecified atom stereocenters. The summed E-state index contributed by atoms with van der Waals surface area (Å²) >= 11 is 0. The Morgan fingerprint density at radius 1 is 1.19 bits per heavy atom. The molecule has 0 aliphatic heterocycles. The SMILES string of the molecule is CCCNc1ccc(S(=O)(=O)NC2CC(OCC)C2)cc1. The van der Waals surface area contributed by atoms with Gasteiger partial charge in [0.25, 0.3) is 0 Å². The summed E-state index contributed by atoms with van der Waals surface area (Å²) in [5, 5.41) is 3.22. The van der Waals surface area contributed by atoms with Crippen molar-refractivity contribution in [2.24, 2.45) is 0 Å². The van der Waals surface area contributed by atoms with Crippen molar-refractivity contribution in [3.63, 3.8) is 0 Å². The molecule has 6 heteroatoms. The van der Waals surface area contributed by atoms with Gasteiger partial charge >= 0.3 is 0 Å². The molecule has 1 saturated carbocycles. The fourth-order valence-electron chi connectivity index (χ4n) is 2.34. The van der Waals surface area contributed by atoms with Crippen molar-refractivity contribution in [1.29, 1.82) is 0 Å². The maximum Gasteiger partial charge on any atom is 0.240 e. The van der Waals surface area contributed by atoms with Gasteiger partial charge in [-0.15, -0.1) is 0 Å². The minimum Gasteiger partial charge on any atom is -0.385 e. The molecule has 1 fully saturated rings. The summed E-state index contributed by atoms with van der Waals surface area (Å²) in [6.07, 6.45) is 2.74. The number of anilines is 1. The molecule has 0 heterocycles. The van der Waals surface area contributed by atoms with E-state index in [1.807, 2.05) is 6.92 Å². The van der Waals surface area contributed by atoms with Crippen LogP contribution < -0.4 is 10.0 Å². The van der Waals surface area contributed by atoms with Gasteiger partial charge < -0.3 is 10.1 Å². The highest BCUT2D eigenvalue weighted by molar-refractivity contribution is 7.89. The lowest BCUT2D eigenvalue weighted by Gasteiger charge is -2.35. The Morgan fingerprint density at radius 3 is 2.43 bits per heavy atom. The lowest BCUT2D eigenvalue weighted by Crippen LogP contribution is -2.47. The third-order valence-corrected chi connectivity index (χ3v) is 5.10. The molecule has 2 N–H and O–H groups in total. The summed E-state index contributed by atoms with van der Waals surface area (Å²) < 4.78 is 32.7. The van der Waals surface area contributed by atoms with Crippen molar-refractivity contribution in [1.82, 2.24) is 4.72 Å². The predicted molar refractivity (Wildman–Crippen MR) is 84.0 cm³/mol. The van der Waals surface area contributed by atoms with Gasteiger partial charge in [0.1, 0.15) is 0 Å². The minimum atomic E-state index is -3.43. The zero-order valence-corrected chi connectivity index (χ0v) is 13.4. The Hall–Kier alpha value is -1.11. The summed E-state index contributed by atoms with van der Waals surface area (Å²) in [7, 11) is -3.43. The third kappa shape index (κ3) is 4.43. The van der Waals surface area contributed by atoms with E-state index in [1.54, 1.807) is 24.3 Å². The van der Waals surface area contributed by atoms with E-state index in [2.05, 4.69) is 17.0 Å². The number of hydrogen-bond donors (Lipinski definition) is 2. The van der Waals surface area contributed by atoms with Crippen LogP contribution in [0.3, 0.4) is 0 Å². The molecule has 2 rings (SSSR count). The second-order valence-corrected chi connectivity index (χ2v) is 7.03. The highest BCUT2D eigenvalue weighted by atomic mass is 32.2. The van der Waals surface area contributed by atoms with E-state index in [-0.39, 0.29) is 12.1 Å². The normalized spacial score (nSPS) is 21.8. The van der Waals surface area contributed by atoms with Crippen LogP contribution in [0.15, 0.2) is 29.2 Å². The summed E-state index contributed by atoms with van der Waals surface area (Å²) in [6, 6.07) is 6.87. The van der Waals surface area contributed by atoms with Crippen LogP contribution in [-0.4, -0.2) is 33.7 Å². The van der Waals surface area contributed by atoms with Crippen molar-refractivity contribution in [3.05, 3.63) is 24.3 Å². The second-order valence-electron chi connectivity index (χ2n) is 5.32. The Bertz CT molecular complexity index is 537. The highest BCUT2D eigenvalue weighted by Crippen LogP contribution is 2.25. The maximum atomic E-state index is 12.3. The van der Waals surface area contributed by atoms with Crippen molar-refractivity contribution in [3.8, 4) is 0 Å². The van der Waals surface area contributed by atoms with Gasteiger partial charge in [-0.25, -0.2) is 13.1 Å². The number of nitrogens with one attached hydrogen (secondary N) is 2. The first-order chi connectivity index (χ1) is 10.0. The molecule has 0 amide bonds. The molecule has 0 saturated heterocycles. The molecular formula is C15H24N2O3S. The third-order valence-electron chi connectivity index (χ3n) is 3.56. The molecule has 0 radical (unpaired) electrons. The van der Waals surface area contributed by atoms with Gasteiger partial charge in [0.15, 0.2) is 0 Å². The van der Waals surface area contributed by atoms with Crippen LogP contribution in [0, 0.1) is 0 Å². The van der Waals surface area contributed by atoms with Gasteiger partial charge in [-0.1, -0.05) is 6.92 Å². The van der Waals surface area contributed by atoms with Crippen molar-refractivity contribution < 1.29 is 13.2 Å². The molecule has 0 atom stereocenters. The Labute approximate surface area is 127 Å². The summed E-state index contributed by atoms with van der Waals surface area (Å²) in [5.41, 5.74) is 0.941. The number of rotatable bonds is 8. The largest absolute Gasteiger partial charge is 0.385 e. The monoisotopic (exact) mass is 312 g/mol. The molecule has 1 aliphatic rings. The zero-order valence-electron chi connectivity index (χ0n) is 12.6. The zero-order chi connectivity index (χ0) is 15.3. The van der Waals surface area contributed by atoms with Crippen LogP contribution in [-0.2, 0) is 14.8 Å². The number of ether oxygens (including phenoxy) is 1. The first kappa shape index (κ1) is 16.3. The molecule has 0 spiro atoms. The Kier molecular flexibility index (Phi) is 5.61. The molecule has 0 aromatic heterocycles. The van der Waals surface area contributed by atoms with Crippen molar-refractivity contribution in [2.45, 2.75) is 50.2 Å². The molecule has 0 bridgehead atoms. The highest BCUT2D eigenvalue weighted by Gasteiger charge is 2.33. The molecule has 118 valence electrons. The number of sulfonamides is 1. The maximum absolute atomic E-state index is 12.3. The quantitative estimate of drug-likeness (QED) is 0.773. The Balaban J connectivity index is 1.90. The van der Waals surface area contributed by atoms with Crippen LogP contribution in [0.2, 0.25) is 0 Å². The first-order valence-corrected chi connectivity index (χ1v) is 9.01. The molecule has 1 aliphatic carbocycles. The standard InChI is InChI=1S/C15H24N2O3S/c1-3-9-16-12-5-7-15(8-6-12)21(18,19)17-13-10-14(11-13)20-4-2/h5-8,13-14,16-17H,3-4,9-11H2,1-2H3. The van der Waals surface area contributed by atoms with E-state index in [1.165, 1.54) is 0 Å². The van der Waals surface area contributed by atoms with Crippen LogP contribution in [0.4, 0.5) is 5.69 Å². The molecule has 1 aromatic carbocycles. The van der Waals surface area contributed by atoms with Gasteiger partial charge in [-0.05, 0) is 50.5 Å². The molecule has 5 nitrogen and oxygen atoms in total. The molecular weight excluding hydrogens is 288 g/mol. The lowest BCUT2D eigenvalue weighted by molar-refractivity contribution is -0.00475. The van der Waals surface area contributed by atoms with Gasteiger partial charge in [0.2, 0.25) is 10.0 Å². The molecule has 1 aromatic rings. The summed E-state index contributed by atoms with van der Waals surface area (Å²) in [6.45, 7) is 5.59. The van der Waals surface area contributed by atoms with E-state index >= 15 is 0 Å². The predicted octanol–water partition coefficient (Wildman–Crippen LogP) is 2.35. The van der Waals surface area contributed by atoms with E-state index < -0.39 is 10.0 Å². The van der Waals surface area contributed by atoms with Crippen molar-refractivity contribution >= 4 is 15.7 Å². The topological polar surface area (TPSA) is 67.4 Å².